The van der Waals surface area contributed by atoms with Crippen molar-refractivity contribution in [2.75, 3.05) is 6.26 Å². The van der Waals surface area contributed by atoms with Crippen molar-refractivity contribution in [3.63, 3.8) is 0 Å². The van der Waals surface area contributed by atoms with Gasteiger partial charge in [0, 0.05) is 23.1 Å². The van der Waals surface area contributed by atoms with Crippen LogP contribution >= 0.6 is 0 Å². The van der Waals surface area contributed by atoms with Crippen LogP contribution in [0.5, 0.6) is 0 Å². The number of non-ortho nitro benzene ring substituents is 1. The Hall–Kier alpha value is -2.67. The first-order valence-corrected chi connectivity index (χ1v) is 9.26. The standard InChI is InChI=1S/C17H16N2O4S/c1-3-12-6-4-5-7-15(12)17-11-13-10-14(19(20)21)8-9-16(13)18(17)24(2,22)23/h4-11H,3H2,1-2H3. The molecule has 1 aromatic heterocycles. The van der Waals surface area contributed by atoms with Crippen LogP contribution < -0.4 is 0 Å². The number of rotatable bonds is 4. The maximum absolute atomic E-state index is 12.3. The lowest BCUT2D eigenvalue weighted by Gasteiger charge is -2.11. The highest BCUT2D eigenvalue weighted by molar-refractivity contribution is 7.89. The first kappa shape index (κ1) is 16.2. The molecule has 3 aromatic rings. The van der Waals surface area contributed by atoms with Crippen LogP contribution in [-0.4, -0.2) is 23.6 Å². The lowest BCUT2D eigenvalue weighted by atomic mass is 10.0. The summed E-state index contributed by atoms with van der Waals surface area (Å²) < 4.78 is 25.9. The average Bonchev–Trinajstić information content (AvgIpc) is 2.93. The second kappa shape index (κ2) is 5.76. The number of aryl methyl sites for hydroxylation is 1. The molecule has 0 saturated heterocycles. The topological polar surface area (TPSA) is 82.2 Å². The van der Waals surface area contributed by atoms with Gasteiger partial charge in [0.1, 0.15) is 0 Å². The molecule has 7 heteroatoms. The van der Waals surface area contributed by atoms with Crippen molar-refractivity contribution in [3.05, 3.63) is 64.2 Å². The van der Waals surface area contributed by atoms with Crippen molar-refractivity contribution in [3.8, 4) is 11.3 Å². The number of nitrogens with zero attached hydrogens (tertiary/aromatic N) is 2. The van der Waals surface area contributed by atoms with Crippen LogP contribution in [0.2, 0.25) is 0 Å². The molecule has 0 saturated carbocycles. The molecule has 3 rings (SSSR count). The second-order valence-corrected chi connectivity index (χ2v) is 7.40. The molecule has 0 unspecified atom stereocenters. The van der Waals surface area contributed by atoms with E-state index in [1.165, 1.54) is 22.2 Å². The monoisotopic (exact) mass is 344 g/mol. The number of benzene rings is 2. The number of aromatic nitrogens is 1. The van der Waals surface area contributed by atoms with Gasteiger partial charge in [-0.2, -0.15) is 0 Å². The molecule has 0 N–H and O–H groups in total. The summed E-state index contributed by atoms with van der Waals surface area (Å²) in [6.07, 6.45) is 1.88. The van der Waals surface area contributed by atoms with Gasteiger partial charge in [-0.05, 0) is 24.1 Å². The average molecular weight is 344 g/mol. The van der Waals surface area contributed by atoms with E-state index >= 15 is 0 Å². The van der Waals surface area contributed by atoms with Crippen LogP contribution in [-0.2, 0) is 16.4 Å². The maximum atomic E-state index is 12.3. The molecule has 24 heavy (non-hydrogen) atoms. The smallest absolute Gasteiger partial charge is 0.258 e. The van der Waals surface area contributed by atoms with Gasteiger partial charge >= 0.3 is 0 Å². The van der Waals surface area contributed by atoms with E-state index in [0.717, 1.165) is 23.8 Å². The fourth-order valence-corrected chi connectivity index (χ4v) is 3.95. The van der Waals surface area contributed by atoms with Gasteiger partial charge in [0.25, 0.3) is 5.69 Å². The van der Waals surface area contributed by atoms with Crippen molar-refractivity contribution >= 4 is 26.6 Å². The summed E-state index contributed by atoms with van der Waals surface area (Å²) in [6.45, 7) is 2.00. The summed E-state index contributed by atoms with van der Waals surface area (Å²) in [6, 6.07) is 13.5. The Bertz CT molecular complexity index is 1050. The summed E-state index contributed by atoms with van der Waals surface area (Å²) >= 11 is 0. The predicted octanol–water partition coefficient (Wildman–Crippen LogP) is 3.59. The van der Waals surface area contributed by atoms with Crippen LogP contribution in [0.15, 0.2) is 48.5 Å². The molecule has 0 atom stereocenters. The normalized spacial score (nSPS) is 11.8. The molecule has 2 aromatic carbocycles. The van der Waals surface area contributed by atoms with Gasteiger partial charge in [-0.15, -0.1) is 0 Å². The summed E-state index contributed by atoms with van der Waals surface area (Å²) in [5.41, 5.74) is 2.71. The fraction of sp³-hybridized carbons (Fsp3) is 0.176. The Labute approximate surface area is 139 Å². The highest BCUT2D eigenvalue weighted by Gasteiger charge is 2.20. The Kier molecular flexibility index (Phi) is 3.88. The molecule has 0 bridgehead atoms. The van der Waals surface area contributed by atoms with Gasteiger partial charge in [0.2, 0.25) is 10.0 Å². The molecule has 0 radical (unpaired) electrons. The van der Waals surface area contributed by atoms with E-state index < -0.39 is 14.9 Å². The summed E-state index contributed by atoms with van der Waals surface area (Å²) in [5, 5.41) is 11.5. The molecule has 1 heterocycles. The Morgan fingerprint density at radius 3 is 2.46 bits per heavy atom. The van der Waals surface area contributed by atoms with E-state index in [1.54, 1.807) is 6.07 Å². The summed E-state index contributed by atoms with van der Waals surface area (Å²) in [5.74, 6) is 0. The van der Waals surface area contributed by atoms with Crippen LogP contribution in [0, 0.1) is 10.1 Å². The van der Waals surface area contributed by atoms with E-state index in [-0.39, 0.29) is 5.69 Å². The van der Waals surface area contributed by atoms with E-state index in [1.807, 2.05) is 31.2 Å². The Morgan fingerprint density at radius 2 is 1.83 bits per heavy atom. The molecule has 0 aliphatic carbocycles. The number of fused-ring (bicyclic) bond motifs is 1. The van der Waals surface area contributed by atoms with Crippen LogP contribution in [0.25, 0.3) is 22.2 Å². The molecular formula is C17H16N2O4S. The molecule has 0 aliphatic rings. The van der Waals surface area contributed by atoms with Crippen molar-refractivity contribution < 1.29 is 13.3 Å². The maximum Gasteiger partial charge on any atom is 0.270 e. The largest absolute Gasteiger partial charge is 0.270 e. The van der Waals surface area contributed by atoms with Crippen LogP contribution in [0.4, 0.5) is 5.69 Å². The molecule has 0 amide bonds. The third-order valence-electron chi connectivity index (χ3n) is 3.96. The fourth-order valence-electron chi connectivity index (χ4n) is 2.91. The number of hydrogen-bond donors (Lipinski definition) is 0. The zero-order valence-electron chi connectivity index (χ0n) is 13.3. The van der Waals surface area contributed by atoms with E-state index in [2.05, 4.69) is 0 Å². The van der Waals surface area contributed by atoms with Crippen molar-refractivity contribution in [2.24, 2.45) is 0 Å². The first-order valence-electron chi connectivity index (χ1n) is 7.41. The minimum absolute atomic E-state index is 0.0662. The highest BCUT2D eigenvalue weighted by Crippen LogP contribution is 2.33. The lowest BCUT2D eigenvalue weighted by molar-refractivity contribution is -0.384. The van der Waals surface area contributed by atoms with Crippen molar-refractivity contribution in [1.29, 1.82) is 0 Å². The van der Waals surface area contributed by atoms with Gasteiger partial charge in [-0.3, -0.25) is 10.1 Å². The highest BCUT2D eigenvalue weighted by atomic mass is 32.2. The SMILES string of the molecule is CCc1ccccc1-c1cc2cc([N+](=O)[O-])ccc2n1S(C)(=O)=O. The molecule has 0 fully saturated rings. The molecule has 0 aliphatic heterocycles. The van der Waals surface area contributed by atoms with Crippen LogP contribution in [0.1, 0.15) is 12.5 Å². The van der Waals surface area contributed by atoms with Gasteiger partial charge in [-0.25, -0.2) is 12.4 Å². The minimum Gasteiger partial charge on any atom is -0.258 e. The zero-order valence-corrected chi connectivity index (χ0v) is 14.1. The summed E-state index contributed by atoms with van der Waals surface area (Å²) in [4.78, 5) is 10.5. The lowest BCUT2D eigenvalue weighted by Crippen LogP contribution is -2.11. The van der Waals surface area contributed by atoms with Gasteiger partial charge < -0.3 is 0 Å². The quantitative estimate of drug-likeness (QED) is 0.535. The Balaban J connectivity index is 2.41. The molecule has 6 nitrogen and oxygen atoms in total. The number of nitro benzene ring substituents is 1. The van der Waals surface area contributed by atoms with Crippen molar-refractivity contribution in [1.82, 2.24) is 3.97 Å². The van der Waals surface area contributed by atoms with Gasteiger partial charge in [0.15, 0.2) is 0 Å². The third-order valence-corrected chi connectivity index (χ3v) is 5.01. The van der Waals surface area contributed by atoms with E-state index in [4.69, 9.17) is 0 Å². The van der Waals surface area contributed by atoms with Crippen LogP contribution in [0.3, 0.4) is 0 Å². The summed E-state index contributed by atoms with van der Waals surface area (Å²) in [7, 11) is -3.58. The molecule has 124 valence electrons. The van der Waals surface area contributed by atoms with E-state index in [0.29, 0.717) is 16.6 Å². The third kappa shape index (κ3) is 2.67. The van der Waals surface area contributed by atoms with Crippen molar-refractivity contribution in [2.45, 2.75) is 13.3 Å². The number of hydrogen-bond acceptors (Lipinski definition) is 4. The second-order valence-electron chi connectivity index (χ2n) is 5.57. The number of nitro groups is 1. The van der Waals surface area contributed by atoms with E-state index in [9.17, 15) is 18.5 Å². The first-order chi connectivity index (χ1) is 11.3. The van der Waals surface area contributed by atoms with Gasteiger partial charge in [0.05, 0.1) is 22.4 Å². The predicted molar refractivity (Wildman–Crippen MR) is 93.6 cm³/mol. The van der Waals surface area contributed by atoms with Gasteiger partial charge in [-0.1, -0.05) is 31.2 Å². The minimum atomic E-state index is -3.58. The zero-order chi connectivity index (χ0) is 17.5. The Morgan fingerprint density at radius 1 is 1.12 bits per heavy atom. The molecular weight excluding hydrogens is 328 g/mol. The molecule has 0 spiro atoms.